The van der Waals surface area contributed by atoms with Crippen LogP contribution in [0.4, 0.5) is 0 Å². The Morgan fingerprint density at radius 3 is 0.792 bits per heavy atom. The highest BCUT2D eigenvalue weighted by Crippen LogP contribution is 2.45. The third-order valence-electron chi connectivity index (χ3n) is 18.3. The molecule has 0 bridgehead atoms. The minimum Gasteiger partial charge on any atom is -0.462 e. The molecule has 0 spiro atoms. The lowest BCUT2D eigenvalue weighted by Gasteiger charge is -2.21. The summed E-state index contributed by atoms with van der Waals surface area (Å²) in [5.41, 5.74) is 0. The molecule has 0 aliphatic heterocycles. The van der Waals surface area contributed by atoms with Crippen LogP contribution in [0.15, 0.2) is 0 Å². The van der Waals surface area contributed by atoms with Crippen molar-refractivity contribution in [2.75, 3.05) is 39.6 Å². The second kappa shape index (κ2) is 68.8. The number of hydrogen-bond donors (Lipinski definition) is 3. The zero-order valence-electron chi connectivity index (χ0n) is 62.7. The van der Waals surface area contributed by atoms with Crippen molar-refractivity contribution in [1.82, 2.24) is 0 Å². The average Bonchev–Trinajstić information content (AvgIpc) is 2.33. The standard InChI is InChI=1S/C77H150O17P2/c1-7-10-12-14-16-18-20-22-23-24-25-26-28-37-43-49-55-61-76(81)93-72(66-88-75(80)60-54-48-42-36-32-30-34-40-46-52-58-70(6)9-3)67-91-95(83,84)89-63-71(78)64-90-96(85,86)92-68-73(65-87-74(79)59-53-47-41-35-27-21-19-17-15-13-11-8-2)94-77(82)62-56-50-44-38-31-29-33-39-45-51-57-69(4)5/h69-73,78H,7-68H2,1-6H3,(H,83,84)(H,85,86)/t70?,71-,72-,73-/m1/s1. The highest BCUT2D eigenvalue weighted by molar-refractivity contribution is 7.47. The van der Waals surface area contributed by atoms with Crippen LogP contribution in [0.1, 0.15) is 401 Å². The van der Waals surface area contributed by atoms with Gasteiger partial charge in [0.2, 0.25) is 0 Å². The number of phosphoric ester groups is 2. The zero-order chi connectivity index (χ0) is 70.7. The van der Waals surface area contributed by atoms with Crippen LogP contribution >= 0.6 is 15.6 Å². The number of aliphatic hydroxyl groups is 1. The summed E-state index contributed by atoms with van der Waals surface area (Å²) in [7, 11) is -9.91. The van der Waals surface area contributed by atoms with Gasteiger partial charge in [0.15, 0.2) is 12.2 Å². The first-order chi connectivity index (χ1) is 46.4. The van der Waals surface area contributed by atoms with Crippen LogP contribution in [-0.4, -0.2) is 96.7 Å². The average molecular weight is 1410 g/mol. The summed E-state index contributed by atoms with van der Waals surface area (Å²) in [6.45, 7) is 9.63. The van der Waals surface area contributed by atoms with Crippen molar-refractivity contribution >= 4 is 39.5 Å². The van der Waals surface area contributed by atoms with E-state index >= 15 is 0 Å². The van der Waals surface area contributed by atoms with Gasteiger partial charge >= 0.3 is 39.5 Å². The summed E-state index contributed by atoms with van der Waals surface area (Å²) in [4.78, 5) is 72.9. The lowest BCUT2D eigenvalue weighted by Crippen LogP contribution is -2.30. The molecule has 570 valence electrons. The summed E-state index contributed by atoms with van der Waals surface area (Å²) >= 11 is 0. The lowest BCUT2D eigenvalue weighted by atomic mass is 9.99. The van der Waals surface area contributed by atoms with Crippen LogP contribution in [-0.2, 0) is 65.4 Å². The highest BCUT2D eigenvalue weighted by Gasteiger charge is 2.30. The molecule has 19 heteroatoms. The fourth-order valence-corrected chi connectivity index (χ4v) is 13.4. The van der Waals surface area contributed by atoms with E-state index < -0.39 is 97.5 Å². The monoisotopic (exact) mass is 1410 g/mol. The van der Waals surface area contributed by atoms with Gasteiger partial charge in [0.1, 0.15) is 19.3 Å². The van der Waals surface area contributed by atoms with Crippen molar-refractivity contribution in [3.05, 3.63) is 0 Å². The van der Waals surface area contributed by atoms with Crippen molar-refractivity contribution < 1.29 is 80.2 Å². The Kier molecular flexibility index (Phi) is 67.4. The fraction of sp³-hybridized carbons (Fsp3) is 0.948. The van der Waals surface area contributed by atoms with E-state index in [1.165, 1.54) is 218 Å². The van der Waals surface area contributed by atoms with Gasteiger partial charge in [-0.15, -0.1) is 0 Å². The van der Waals surface area contributed by atoms with E-state index in [0.717, 1.165) is 102 Å². The Balaban J connectivity index is 5.26. The Hall–Kier alpha value is -1.94. The first-order valence-electron chi connectivity index (χ1n) is 40.0. The number of aliphatic hydroxyl groups excluding tert-OH is 1. The number of hydrogen-bond acceptors (Lipinski definition) is 15. The predicted octanol–water partition coefficient (Wildman–Crippen LogP) is 22.7. The molecule has 3 N–H and O–H groups in total. The van der Waals surface area contributed by atoms with Crippen molar-refractivity contribution in [3.8, 4) is 0 Å². The topological polar surface area (TPSA) is 237 Å². The number of carbonyl (C=O) groups is 4. The highest BCUT2D eigenvalue weighted by atomic mass is 31.2. The van der Waals surface area contributed by atoms with Gasteiger partial charge in [-0.25, -0.2) is 9.13 Å². The molecule has 0 aromatic rings. The zero-order valence-corrected chi connectivity index (χ0v) is 64.5. The number of carbonyl (C=O) groups excluding carboxylic acids is 4. The largest absolute Gasteiger partial charge is 0.472 e. The molecule has 0 rings (SSSR count). The summed E-state index contributed by atoms with van der Waals surface area (Å²) in [6, 6.07) is 0. The van der Waals surface area contributed by atoms with Gasteiger partial charge < -0.3 is 33.8 Å². The number of unbranched alkanes of at least 4 members (excludes halogenated alkanes) is 45. The maximum Gasteiger partial charge on any atom is 0.472 e. The normalized spacial score (nSPS) is 14.3. The number of esters is 4. The van der Waals surface area contributed by atoms with Crippen LogP contribution in [0.5, 0.6) is 0 Å². The summed E-state index contributed by atoms with van der Waals surface area (Å²) in [5.74, 6) is -0.550. The Morgan fingerprint density at radius 2 is 0.531 bits per heavy atom. The van der Waals surface area contributed by atoms with Crippen molar-refractivity contribution in [2.45, 2.75) is 419 Å². The van der Waals surface area contributed by atoms with E-state index in [-0.39, 0.29) is 25.7 Å². The SMILES string of the molecule is CCCCCCCCCCCCCCCCCCCC(=O)O[C@H](COC(=O)CCCCCCCCCCCCC(C)CC)COP(=O)(O)OC[C@@H](O)COP(=O)(O)OC[C@@H](COC(=O)CCCCCCCCCCCCCC)OC(=O)CCCCCCCCCCCCC(C)C. The van der Waals surface area contributed by atoms with Crippen molar-refractivity contribution in [1.29, 1.82) is 0 Å². The van der Waals surface area contributed by atoms with E-state index in [0.29, 0.717) is 25.7 Å². The van der Waals surface area contributed by atoms with Gasteiger partial charge in [0.25, 0.3) is 0 Å². The molecule has 0 aliphatic rings. The number of phosphoric acid groups is 2. The van der Waals surface area contributed by atoms with E-state index in [4.69, 9.17) is 37.0 Å². The minimum atomic E-state index is -4.96. The molecule has 0 fully saturated rings. The maximum atomic E-state index is 13.1. The first-order valence-corrected chi connectivity index (χ1v) is 43.0. The third-order valence-corrected chi connectivity index (χ3v) is 20.2. The van der Waals surface area contributed by atoms with Gasteiger partial charge in [0, 0.05) is 25.7 Å². The van der Waals surface area contributed by atoms with Crippen molar-refractivity contribution in [3.63, 3.8) is 0 Å². The minimum absolute atomic E-state index is 0.106. The second-order valence-corrected chi connectivity index (χ2v) is 31.4. The van der Waals surface area contributed by atoms with Crippen LogP contribution in [0.3, 0.4) is 0 Å². The Labute approximate surface area is 588 Å². The summed E-state index contributed by atoms with van der Waals surface area (Å²) in [5, 5.41) is 10.6. The Bertz CT molecular complexity index is 1860. The van der Waals surface area contributed by atoms with E-state index in [1.54, 1.807) is 0 Å². The molecule has 96 heavy (non-hydrogen) atoms. The first kappa shape index (κ1) is 94.1. The van der Waals surface area contributed by atoms with Gasteiger partial charge in [-0.05, 0) is 37.5 Å². The van der Waals surface area contributed by atoms with Crippen LogP contribution in [0.2, 0.25) is 0 Å². The molecule has 0 aliphatic carbocycles. The molecule has 0 aromatic carbocycles. The van der Waals surface area contributed by atoms with Crippen molar-refractivity contribution in [2.24, 2.45) is 11.8 Å². The molecule has 0 saturated carbocycles. The smallest absolute Gasteiger partial charge is 0.462 e. The van der Waals surface area contributed by atoms with E-state index in [9.17, 15) is 43.2 Å². The molecular formula is C77H150O17P2. The van der Waals surface area contributed by atoms with Crippen LogP contribution in [0, 0.1) is 11.8 Å². The molecule has 3 unspecified atom stereocenters. The molecular weight excluding hydrogens is 1260 g/mol. The molecule has 0 radical (unpaired) electrons. The molecule has 0 saturated heterocycles. The van der Waals surface area contributed by atoms with Crippen LogP contribution < -0.4 is 0 Å². The Morgan fingerprint density at radius 1 is 0.302 bits per heavy atom. The van der Waals surface area contributed by atoms with Gasteiger partial charge in [0.05, 0.1) is 26.4 Å². The van der Waals surface area contributed by atoms with Gasteiger partial charge in [-0.3, -0.25) is 37.3 Å². The third kappa shape index (κ3) is 69.2. The molecule has 0 aromatic heterocycles. The quantitative estimate of drug-likeness (QED) is 0.0222. The second-order valence-electron chi connectivity index (χ2n) is 28.5. The van der Waals surface area contributed by atoms with E-state index in [1.807, 2.05) is 0 Å². The van der Waals surface area contributed by atoms with Gasteiger partial charge in [-0.2, -0.15) is 0 Å². The summed E-state index contributed by atoms with van der Waals surface area (Å²) < 4.78 is 68.6. The number of rotatable bonds is 76. The molecule has 0 amide bonds. The molecule has 17 nitrogen and oxygen atoms in total. The van der Waals surface area contributed by atoms with E-state index in [2.05, 4.69) is 41.5 Å². The molecule has 0 heterocycles. The van der Waals surface area contributed by atoms with Crippen LogP contribution in [0.25, 0.3) is 0 Å². The maximum absolute atomic E-state index is 13.1. The lowest BCUT2D eigenvalue weighted by molar-refractivity contribution is -0.161. The fourth-order valence-electron chi connectivity index (χ4n) is 11.8. The van der Waals surface area contributed by atoms with Gasteiger partial charge in [-0.1, -0.05) is 350 Å². The number of ether oxygens (including phenoxy) is 4. The molecule has 6 atom stereocenters. The summed E-state index contributed by atoms with van der Waals surface area (Å²) in [6.07, 6.45) is 56.7. The predicted molar refractivity (Wildman–Crippen MR) is 391 cm³/mol.